The number of likely N-dealkylation sites (N-methyl/N-ethyl adjacent to an activating group) is 1. The molecule has 5 heteroatoms. The third-order valence-electron chi connectivity index (χ3n) is 3.92. The van der Waals surface area contributed by atoms with Crippen LogP contribution in [0.15, 0.2) is 0 Å². The highest BCUT2D eigenvalue weighted by atomic mass is 16.2. The van der Waals surface area contributed by atoms with Crippen molar-refractivity contribution in [3.05, 3.63) is 0 Å². The van der Waals surface area contributed by atoms with Gasteiger partial charge in [-0.3, -0.25) is 9.69 Å². The molecule has 0 aliphatic rings. The molecule has 0 spiro atoms. The van der Waals surface area contributed by atoms with Gasteiger partial charge in [-0.15, -0.1) is 0 Å². The van der Waals surface area contributed by atoms with E-state index in [1.807, 2.05) is 0 Å². The predicted octanol–water partition coefficient (Wildman–Crippen LogP) is 0.846. The van der Waals surface area contributed by atoms with Gasteiger partial charge in [0.2, 0.25) is 5.91 Å². The summed E-state index contributed by atoms with van der Waals surface area (Å²) in [5, 5.41) is 0. The summed E-state index contributed by atoms with van der Waals surface area (Å²) in [5.41, 5.74) is 5.86. The Bertz CT molecular complexity index is 254. The van der Waals surface area contributed by atoms with Crippen molar-refractivity contribution in [2.45, 2.75) is 39.7 Å². The van der Waals surface area contributed by atoms with Crippen LogP contribution in [-0.2, 0) is 4.79 Å². The van der Waals surface area contributed by atoms with Crippen LogP contribution in [-0.4, -0.2) is 80.0 Å². The minimum atomic E-state index is 0.155. The zero-order chi connectivity index (χ0) is 15.5. The molecule has 1 unspecified atom stereocenters. The molecule has 20 heavy (non-hydrogen) atoms. The maximum Gasteiger partial charge on any atom is 0.223 e. The monoisotopic (exact) mass is 286 g/mol. The Labute approximate surface area is 125 Å². The smallest absolute Gasteiger partial charge is 0.223 e. The normalized spacial score (nSPS) is 13.0. The van der Waals surface area contributed by atoms with Gasteiger partial charge in [0.05, 0.1) is 0 Å². The van der Waals surface area contributed by atoms with E-state index in [2.05, 4.69) is 30.6 Å². The van der Waals surface area contributed by atoms with Crippen LogP contribution in [0, 0.1) is 0 Å². The van der Waals surface area contributed by atoms with Gasteiger partial charge in [0.15, 0.2) is 0 Å². The maximum absolute atomic E-state index is 11.8. The van der Waals surface area contributed by atoms with E-state index in [-0.39, 0.29) is 11.9 Å². The average Bonchev–Trinajstić information content (AvgIpc) is 2.45. The lowest BCUT2D eigenvalue weighted by Crippen LogP contribution is -2.44. The summed E-state index contributed by atoms with van der Waals surface area (Å²) in [7, 11) is 3.60. The van der Waals surface area contributed by atoms with E-state index >= 15 is 0 Å². The van der Waals surface area contributed by atoms with Crippen molar-refractivity contribution < 1.29 is 4.79 Å². The molecule has 1 atom stereocenters. The number of carbonyl (C=O) groups excluding carboxylic acids is 1. The molecule has 120 valence electrons. The van der Waals surface area contributed by atoms with Crippen molar-refractivity contribution in [3.63, 3.8) is 0 Å². The first-order valence-electron chi connectivity index (χ1n) is 7.86. The van der Waals surface area contributed by atoms with Gasteiger partial charge in [-0.05, 0) is 39.1 Å². The van der Waals surface area contributed by atoms with Crippen molar-refractivity contribution >= 4 is 5.91 Å². The fourth-order valence-electron chi connectivity index (χ4n) is 2.38. The molecule has 0 saturated carbocycles. The first-order valence-corrected chi connectivity index (χ1v) is 7.86. The summed E-state index contributed by atoms with van der Waals surface area (Å²) in [6.45, 7) is 12.3. The zero-order valence-electron chi connectivity index (χ0n) is 14.1. The Balaban J connectivity index is 4.29. The third kappa shape index (κ3) is 7.22. The van der Waals surface area contributed by atoms with E-state index in [9.17, 15) is 4.79 Å². The molecule has 0 rings (SSSR count). The van der Waals surface area contributed by atoms with Crippen molar-refractivity contribution in [1.29, 1.82) is 0 Å². The molecule has 5 nitrogen and oxygen atoms in total. The van der Waals surface area contributed by atoms with Crippen LogP contribution < -0.4 is 5.73 Å². The van der Waals surface area contributed by atoms with E-state index in [0.717, 1.165) is 39.1 Å². The summed E-state index contributed by atoms with van der Waals surface area (Å²) in [5.74, 6) is 0.155. The molecule has 0 saturated heterocycles. The lowest BCUT2D eigenvalue weighted by Gasteiger charge is -2.31. The maximum atomic E-state index is 11.8. The number of carbonyl (C=O) groups is 1. The van der Waals surface area contributed by atoms with Crippen LogP contribution in [0.1, 0.15) is 33.6 Å². The summed E-state index contributed by atoms with van der Waals surface area (Å²) in [4.78, 5) is 18.3. The van der Waals surface area contributed by atoms with Gasteiger partial charge in [-0.2, -0.15) is 0 Å². The van der Waals surface area contributed by atoms with E-state index in [1.54, 1.807) is 19.0 Å². The molecule has 0 aromatic heterocycles. The Hall–Kier alpha value is -0.650. The second-order valence-electron chi connectivity index (χ2n) is 5.39. The van der Waals surface area contributed by atoms with E-state index in [0.29, 0.717) is 13.0 Å². The Morgan fingerprint density at radius 3 is 2.05 bits per heavy atom. The van der Waals surface area contributed by atoms with Crippen LogP contribution in [0.2, 0.25) is 0 Å². The first kappa shape index (κ1) is 19.4. The third-order valence-corrected chi connectivity index (χ3v) is 3.92. The van der Waals surface area contributed by atoms with Crippen molar-refractivity contribution in [2.24, 2.45) is 5.73 Å². The van der Waals surface area contributed by atoms with Crippen molar-refractivity contribution in [3.8, 4) is 0 Å². The minimum Gasteiger partial charge on any atom is -0.349 e. The second kappa shape index (κ2) is 11.1. The molecule has 0 heterocycles. The van der Waals surface area contributed by atoms with Crippen molar-refractivity contribution in [1.82, 2.24) is 14.7 Å². The van der Waals surface area contributed by atoms with Gasteiger partial charge in [-0.1, -0.05) is 20.8 Å². The van der Waals surface area contributed by atoms with Gasteiger partial charge in [0, 0.05) is 33.1 Å². The summed E-state index contributed by atoms with van der Waals surface area (Å²) < 4.78 is 0. The number of rotatable bonds is 11. The molecule has 0 radical (unpaired) electrons. The van der Waals surface area contributed by atoms with Crippen LogP contribution in [0.3, 0.4) is 0 Å². The topological polar surface area (TPSA) is 52.8 Å². The molecular weight excluding hydrogens is 252 g/mol. The zero-order valence-corrected chi connectivity index (χ0v) is 14.1. The fraction of sp³-hybridized carbons (Fsp3) is 0.933. The fourth-order valence-corrected chi connectivity index (χ4v) is 2.38. The standard InChI is InChI=1S/C15H34N4O/c1-6-18(7-2)10-9-11-19(8-3)14(13-16)12-15(20)17(4)5/h14H,6-13,16H2,1-5H3. The lowest BCUT2D eigenvalue weighted by atomic mass is 10.1. The molecule has 0 aromatic carbocycles. The highest BCUT2D eigenvalue weighted by Gasteiger charge is 2.19. The summed E-state index contributed by atoms with van der Waals surface area (Å²) in [6, 6.07) is 0.159. The SMILES string of the molecule is CCN(CC)CCCN(CC)C(CN)CC(=O)N(C)C. The van der Waals surface area contributed by atoms with Gasteiger partial charge in [0.1, 0.15) is 0 Å². The van der Waals surface area contributed by atoms with Crippen molar-refractivity contribution in [2.75, 3.05) is 53.4 Å². The number of hydrogen-bond donors (Lipinski definition) is 1. The summed E-state index contributed by atoms with van der Waals surface area (Å²) >= 11 is 0. The molecule has 0 aliphatic carbocycles. The number of amides is 1. The van der Waals surface area contributed by atoms with Crippen LogP contribution >= 0.6 is 0 Å². The molecule has 0 aliphatic heterocycles. The number of nitrogens with zero attached hydrogens (tertiary/aromatic N) is 3. The number of nitrogens with two attached hydrogens (primary N) is 1. The van der Waals surface area contributed by atoms with Gasteiger partial charge >= 0.3 is 0 Å². The number of hydrogen-bond acceptors (Lipinski definition) is 4. The Morgan fingerprint density at radius 1 is 1.05 bits per heavy atom. The van der Waals surface area contributed by atoms with Gasteiger partial charge in [0.25, 0.3) is 0 Å². The van der Waals surface area contributed by atoms with E-state index in [1.165, 1.54) is 0 Å². The van der Waals surface area contributed by atoms with E-state index < -0.39 is 0 Å². The predicted molar refractivity (Wildman–Crippen MR) is 85.8 cm³/mol. The van der Waals surface area contributed by atoms with Gasteiger partial charge < -0.3 is 15.5 Å². The molecule has 2 N–H and O–H groups in total. The highest BCUT2D eigenvalue weighted by Crippen LogP contribution is 2.06. The van der Waals surface area contributed by atoms with Crippen LogP contribution in [0.4, 0.5) is 0 Å². The molecule has 0 bridgehead atoms. The second-order valence-corrected chi connectivity index (χ2v) is 5.39. The van der Waals surface area contributed by atoms with Crippen LogP contribution in [0.5, 0.6) is 0 Å². The molecule has 1 amide bonds. The van der Waals surface area contributed by atoms with Crippen LogP contribution in [0.25, 0.3) is 0 Å². The minimum absolute atomic E-state index is 0.155. The molecule has 0 aromatic rings. The lowest BCUT2D eigenvalue weighted by molar-refractivity contribution is -0.129. The average molecular weight is 286 g/mol. The first-order chi connectivity index (χ1) is 9.49. The van der Waals surface area contributed by atoms with Gasteiger partial charge in [-0.25, -0.2) is 0 Å². The highest BCUT2D eigenvalue weighted by molar-refractivity contribution is 5.76. The Morgan fingerprint density at radius 2 is 1.65 bits per heavy atom. The quantitative estimate of drug-likeness (QED) is 0.612. The summed E-state index contributed by atoms with van der Waals surface area (Å²) in [6.07, 6.45) is 1.64. The molecule has 0 fully saturated rings. The molecular formula is C15H34N4O. The van der Waals surface area contributed by atoms with E-state index in [4.69, 9.17) is 5.73 Å². The Kier molecular flexibility index (Phi) is 10.7. The largest absolute Gasteiger partial charge is 0.349 e.